The minimum atomic E-state index is -4.86. The molecule has 182 valence electrons. The zero-order chi connectivity index (χ0) is 23.9. The van der Waals surface area contributed by atoms with E-state index < -0.39 is 29.0 Å². The summed E-state index contributed by atoms with van der Waals surface area (Å²) in [5, 5.41) is 0. The van der Waals surface area contributed by atoms with Gasteiger partial charge in [0.1, 0.15) is 5.82 Å². The monoisotopic (exact) mass is 477 g/mol. The third-order valence-electron chi connectivity index (χ3n) is 7.22. The van der Waals surface area contributed by atoms with Gasteiger partial charge >= 0.3 is 6.18 Å². The number of benzene rings is 1. The third-order valence-corrected chi connectivity index (χ3v) is 7.22. The van der Waals surface area contributed by atoms with Crippen LogP contribution in [0.2, 0.25) is 0 Å². The van der Waals surface area contributed by atoms with Gasteiger partial charge in [-0.25, -0.2) is 14.4 Å². The molecule has 0 atom stereocenters. The Balaban J connectivity index is 1.26. The Kier molecular flexibility index (Phi) is 6.18. The van der Waals surface area contributed by atoms with E-state index in [4.69, 9.17) is 4.98 Å². The van der Waals surface area contributed by atoms with Gasteiger partial charge in [-0.3, -0.25) is 9.69 Å². The maximum absolute atomic E-state index is 14.5. The van der Waals surface area contributed by atoms with Crippen molar-refractivity contribution in [1.82, 2.24) is 19.8 Å². The van der Waals surface area contributed by atoms with Crippen LogP contribution in [0.5, 0.6) is 0 Å². The standard InChI is InChI=1S/C24H27F4N5O/c25-21-18(5-2-6-19(21)24(26,27)28)22(34)32-9-7-16-15-29-23(30-20(16)8-10-32)33-13-11-31(12-14-33)17-3-1-4-17/h2,5-6,15,17H,1,3-4,7-14H2. The third kappa shape index (κ3) is 4.47. The van der Waals surface area contributed by atoms with Gasteiger partial charge in [-0.1, -0.05) is 12.5 Å². The zero-order valence-electron chi connectivity index (χ0n) is 18.8. The summed E-state index contributed by atoms with van der Waals surface area (Å²) in [6, 6.07) is 3.54. The number of halogens is 4. The number of alkyl halides is 3. The van der Waals surface area contributed by atoms with Gasteiger partial charge in [-0.05, 0) is 37.0 Å². The molecule has 0 bridgehead atoms. The number of fused-ring (bicyclic) bond motifs is 1. The van der Waals surface area contributed by atoms with Crippen molar-refractivity contribution >= 4 is 11.9 Å². The number of carbonyl (C=O) groups is 1. The van der Waals surface area contributed by atoms with Gasteiger partial charge in [0.15, 0.2) is 0 Å². The number of aromatic nitrogens is 2. The number of nitrogens with zero attached hydrogens (tertiary/aromatic N) is 5. The first-order valence-electron chi connectivity index (χ1n) is 11.8. The first-order valence-corrected chi connectivity index (χ1v) is 11.8. The summed E-state index contributed by atoms with van der Waals surface area (Å²) in [5.74, 6) is -1.59. The summed E-state index contributed by atoms with van der Waals surface area (Å²) in [7, 11) is 0. The number of amides is 1. The molecule has 3 aliphatic rings. The van der Waals surface area contributed by atoms with Crippen molar-refractivity contribution in [3.63, 3.8) is 0 Å². The van der Waals surface area contributed by atoms with Crippen LogP contribution >= 0.6 is 0 Å². The van der Waals surface area contributed by atoms with Gasteiger partial charge in [0, 0.05) is 57.9 Å². The molecule has 1 aliphatic carbocycles. The highest BCUT2D eigenvalue weighted by molar-refractivity contribution is 5.94. The molecule has 5 rings (SSSR count). The van der Waals surface area contributed by atoms with Crippen molar-refractivity contribution < 1.29 is 22.4 Å². The minimum absolute atomic E-state index is 0.257. The molecule has 2 fully saturated rings. The van der Waals surface area contributed by atoms with Crippen molar-refractivity contribution in [1.29, 1.82) is 0 Å². The highest BCUT2D eigenvalue weighted by Crippen LogP contribution is 2.33. The summed E-state index contributed by atoms with van der Waals surface area (Å²) in [6.07, 6.45) is 1.73. The number of anilines is 1. The van der Waals surface area contributed by atoms with E-state index in [0.717, 1.165) is 55.6 Å². The maximum atomic E-state index is 14.5. The van der Waals surface area contributed by atoms with E-state index in [9.17, 15) is 22.4 Å². The molecule has 3 heterocycles. The van der Waals surface area contributed by atoms with E-state index in [1.165, 1.54) is 24.2 Å². The quantitative estimate of drug-likeness (QED) is 0.633. The molecule has 6 nitrogen and oxygen atoms in total. The Hall–Kier alpha value is -2.75. The second-order valence-corrected chi connectivity index (χ2v) is 9.21. The van der Waals surface area contributed by atoms with Crippen LogP contribution in [0.15, 0.2) is 24.4 Å². The smallest absolute Gasteiger partial charge is 0.338 e. The molecular weight excluding hydrogens is 450 g/mol. The predicted octanol–water partition coefficient (Wildman–Crippen LogP) is 3.55. The van der Waals surface area contributed by atoms with Crippen LogP contribution < -0.4 is 4.90 Å². The van der Waals surface area contributed by atoms with Crippen molar-refractivity contribution in [3.05, 3.63) is 52.6 Å². The molecule has 1 aromatic heterocycles. The lowest BCUT2D eigenvalue weighted by molar-refractivity contribution is -0.140. The van der Waals surface area contributed by atoms with Crippen molar-refractivity contribution in [3.8, 4) is 0 Å². The van der Waals surface area contributed by atoms with Gasteiger partial charge in [0.05, 0.1) is 16.8 Å². The molecule has 34 heavy (non-hydrogen) atoms. The van der Waals surface area contributed by atoms with E-state index in [1.54, 1.807) is 6.20 Å². The average Bonchev–Trinajstić information content (AvgIpc) is 2.99. The Labute approximate surface area is 195 Å². The number of rotatable bonds is 3. The van der Waals surface area contributed by atoms with Gasteiger partial charge in [-0.2, -0.15) is 13.2 Å². The molecule has 1 saturated heterocycles. The Bertz CT molecular complexity index is 1060. The second kappa shape index (κ2) is 9.13. The molecule has 0 N–H and O–H groups in total. The number of carbonyl (C=O) groups excluding carboxylic acids is 1. The molecule has 1 aromatic carbocycles. The summed E-state index contributed by atoms with van der Waals surface area (Å²) in [5.41, 5.74) is -0.232. The molecule has 10 heteroatoms. The largest absolute Gasteiger partial charge is 0.419 e. The average molecular weight is 478 g/mol. The molecule has 1 saturated carbocycles. The van der Waals surface area contributed by atoms with Crippen molar-refractivity contribution in [2.24, 2.45) is 0 Å². The van der Waals surface area contributed by atoms with Crippen LogP contribution in [0, 0.1) is 5.82 Å². The van der Waals surface area contributed by atoms with Crippen LogP contribution in [0.1, 0.15) is 46.4 Å². The fraction of sp³-hybridized carbons (Fsp3) is 0.542. The zero-order valence-corrected chi connectivity index (χ0v) is 18.8. The van der Waals surface area contributed by atoms with E-state index in [0.29, 0.717) is 24.9 Å². The molecule has 2 aromatic rings. The van der Waals surface area contributed by atoms with E-state index in [2.05, 4.69) is 14.8 Å². The highest BCUT2D eigenvalue weighted by Gasteiger charge is 2.36. The Morgan fingerprint density at radius 1 is 1.00 bits per heavy atom. The molecule has 0 unspecified atom stereocenters. The summed E-state index contributed by atoms with van der Waals surface area (Å²) >= 11 is 0. The van der Waals surface area contributed by atoms with Crippen molar-refractivity contribution in [2.45, 2.75) is 44.3 Å². The van der Waals surface area contributed by atoms with Gasteiger partial charge < -0.3 is 9.80 Å². The molecule has 2 aliphatic heterocycles. The first-order chi connectivity index (χ1) is 16.3. The van der Waals surface area contributed by atoms with E-state index in [1.807, 2.05) is 0 Å². The van der Waals surface area contributed by atoms with Crippen LogP contribution in [-0.4, -0.2) is 71.0 Å². The maximum Gasteiger partial charge on any atom is 0.419 e. The van der Waals surface area contributed by atoms with Gasteiger partial charge in [0.2, 0.25) is 5.95 Å². The number of piperazine rings is 1. The van der Waals surface area contributed by atoms with Crippen LogP contribution in [0.3, 0.4) is 0 Å². The lowest BCUT2D eigenvalue weighted by atomic mass is 9.91. The lowest BCUT2D eigenvalue weighted by Crippen LogP contribution is -2.52. The van der Waals surface area contributed by atoms with Crippen LogP contribution in [-0.2, 0) is 19.0 Å². The SMILES string of the molecule is O=C(c1cccc(C(F)(F)F)c1F)N1CCc2cnc(N3CCN(C4CCC4)CC3)nc2CC1. The molecule has 0 spiro atoms. The second-order valence-electron chi connectivity index (χ2n) is 9.21. The molecule has 0 radical (unpaired) electrons. The minimum Gasteiger partial charge on any atom is -0.338 e. The Morgan fingerprint density at radius 3 is 2.41 bits per heavy atom. The molecule has 1 amide bonds. The highest BCUT2D eigenvalue weighted by atomic mass is 19.4. The molecular formula is C24H27F4N5O. The Morgan fingerprint density at radius 2 is 1.74 bits per heavy atom. The summed E-state index contributed by atoms with van der Waals surface area (Å²) in [4.78, 5) is 28.3. The summed E-state index contributed by atoms with van der Waals surface area (Å²) < 4.78 is 53.7. The topological polar surface area (TPSA) is 52.6 Å². The first kappa shape index (κ1) is 23.0. The van der Waals surface area contributed by atoms with E-state index >= 15 is 0 Å². The van der Waals surface area contributed by atoms with Crippen LogP contribution in [0.4, 0.5) is 23.5 Å². The van der Waals surface area contributed by atoms with Crippen molar-refractivity contribution in [2.75, 3.05) is 44.2 Å². The van der Waals surface area contributed by atoms with Gasteiger partial charge in [-0.15, -0.1) is 0 Å². The normalized spacial score (nSPS) is 20.0. The van der Waals surface area contributed by atoms with E-state index in [-0.39, 0.29) is 13.1 Å². The number of hydrogen-bond acceptors (Lipinski definition) is 5. The predicted molar refractivity (Wildman–Crippen MR) is 118 cm³/mol. The lowest BCUT2D eigenvalue weighted by Gasteiger charge is -2.43. The van der Waals surface area contributed by atoms with Crippen LogP contribution in [0.25, 0.3) is 0 Å². The summed E-state index contributed by atoms with van der Waals surface area (Å²) in [6.45, 7) is 4.26. The number of hydrogen-bond donors (Lipinski definition) is 0. The fourth-order valence-electron chi connectivity index (χ4n) is 4.95. The fourth-order valence-corrected chi connectivity index (χ4v) is 4.95. The van der Waals surface area contributed by atoms with Gasteiger partial charge in [0.25, 0.3) is 5.91 Å².